The van der Waals surface area contributed by atoms with Crippen molar-refractivity contribution in [1.29, 1.82) is 0 Å². The molecule has 4 heterocycles. The van der Waals surface area contributed by atoms with Crippen molar-refractivity contribution in [3.63, 3.8) is 0 Å². The summed E-state index contributed by atoms with van der Waals surface area (Å²) in [5.41, 5.74) is 9.16. The average Bonchev–Trinajstić information content (AvgIpc) is 3.32. The molecule has 0 spiro atoms. The van der Waals surface area contributed by atoms with Crippen LogP contribution in [0.15, 0.2) is 42.6 Å². The minimum absolute atomic E-state index is 0.255. The number of nitrogens with zero attached hydrogens (tertiary/aromatic N) is 5. The van der Waals surface area contributed by atoms with Crippen LogP contribution in [0, 0.1) is 5.82 Å². The number of halogens is 1. The number of hydrogen-bond acceptors (Lipinski definition) is 6. The molecule has 0 amide bonds. The first kappa shape index (κ1) is 18.0. The molecule has 1 aliphatic rings. The van der Waals surface area contributed by atoms with Gasteiger partial charge in [-0.2, -0.15) is 0 Å². The molecule has 0 saturated carbocycles. The number of rotatable bonds is 4. The molecule has 148 valence electrons. The van der Waals surface area contributed by atoms with Crippen molar-refractivity contribution >= 4 is 16.6 Å². The zero-order chi connectivity index (χ0) is 20.0. The number of hydrogen-bond donors (Lipinski definition) is 1. The van der Waals surface area contributed by atoms with Gasteiger partial charge in [0, 0.05) is 43.3 Å². The number of nitrogens with two attached hydrogens (primary N) is 1. The van der Waals surface area contributed by atoms with Gasteiger partial charge in [0.2, 0.25) is 0 Å². The molecule has 0 bridgehead atoms. The smallest absolute Gasteiger partial charge is 0.187 e. The van der Waals surface area contributed by atoms with Gasteiger partial charge in [0.25, 0.3) is 0 Å². The van der Waals surface area contributed by atoms with E-state index in [-0.39, 0.29) is 11.9 Å². The summed E-state index contributed by atoms with van der Waals surface area (Å²) in [5, 5.41) is 9.27. The molecule has 5 rings (SSSR count). The first-order valence-electron chi connectivity index (χ1n) is 9.57. The molecule has 1 aromatic carbocycles. The molecule has 0 aliphatic carbocycles. The Morgan fingerprint density at radius 1 is 1.21 bits per heavy atom. The van der Waals surface area contributed by atoms with Gasteiger partial charge < -0.3 is 10.5 Å². The van der Waals surface area contributed by atoms with Crippen LogP contribution in [0.2, 0.25) is 0 Å². The molecular formula is C21H21FN6O. The van der Waals surface area contributed by atoms with Crippen LogP contribution in [0.4, 0.5) is 4.39 Å². The van der Waals surface area contributed by atoms with Gasteiger partial charge in [-0.05, 0) is 30.2 Å². The number of pyridine rings is 2. The van der Waals surface area contributed by atoms with E-state index in [0.29, 0.717) is 28.2 Å². The third-order valence-electron chi connectivity index (χ3n) is 5.35. The molecule has 1 unspecified atom stereocenters. The van der Waals surface area contributed by atoms with Gasteiger partial charge in [-0.25, -0.2) is 9.37 Å². The Hall–Kier alpha value is -3.10. The molecule has 1 fully saturated rings. The van der Waals surface area contributed by atoms with Gasteiger partial charge in [0.1, 0.15) is 22.8 Å². The predicted octanol–water partition coefficient (Wildman–Crippen LogP) is 2.63. The van der Waals surface area contributed by atoms with Crippen molar-refractivity contribution in [1.82, 2.24) is 24.5 Å². The number of benzene rings is 1. The standard InChI is InChI=1S/C21H21FN6O/c1-29-18-9-15(22)8-14-3-4-17(24-20(14)18)21-26-25-19-5-2-13(11-28(19)21)10-27-7-6-16(23)12-27/h2-5,8-9,11,16H,6-7,10,12,23H2,1H3. The Balaban J connectivity index is 1.56. The summed E-state index contributed by atoms with van der Waals surface area (Å²) in [5.74, 6) is 0.665. The second kappa shape index (κ2) is 7.06. The summed E-state index contributed by atoms with van der Waals surface area (Å²) in [7, 11) is 1.51. The summed E-state index contributed by atoms with van der Waals surface area (Å²) >= 11 is 0. The average molecular weight is 392 g/mol. The largest absolute Gasteiger partial charge is 0.494 e. The molecule has 29 heavy (non-hydrogen) atoms. The van der Waals surface area contributed by atoms with Crippen molar-refractivity contribution < 1.29 is 9.13 Å². The van der Waals surface area contributed by atoms with Crippen LogP contribution in [0.5, 0.6) is 5.75 Å². The highest BCUT2D eigenvalue weighted by Crippen LogP contribution is 2.28. The molecule has 2 N–H and O–H groups in total. The topological polar surface area (TPSA) is 81.6 Å². The fraction of sp³-hybridized carbons (Fsp3) is 0.286. The third-order valence-corrected chi connectivity index (χ3v) is 5.35. The number of aromatic nitrogens is 4. The molecule has 1 atom stereocenters. The maximum Gasteiger partial charge on any atom is 0.187 e. The van der Waals surface area contributed by atoms with Crippen LogP contribution in [0.3, 0.4) is 0 Å². The summed E-state index contributed by atoms with van der Waals surface area (Å²) < 4.78 is 21.0. The minimum atomic E-state index is -0.358. The molecule has 4 aromatic rings. The van der Waals surface area contributed by atoms with E-state index in [1.54, 1.807) is 0 Å². The summed E-state index contributed by atoms with van der Waals surface area (Å²) in [6, 6.07) is 10.7. The lowest BCUT2D eigenvalue weighted by Gasteiger charge is -2.15. The van der Waals surface area contributed by atoms with Crippen molar-refractivity contribution in [3.8, 4) is 17.3 Å². The molecule has 8 heteroatoms. The van der Waals surface area contributed by atoms with E-state index < -0.39 is 0 Å². The van der Waals surface area contributed by atoms with Gasteiger partial charge in [-0.3, -0.25) is 9.30 Å². The van der Waals surface area contributed by atoms with Gasteiger partial charge >= 0.3 is 0 Å². The van der Waals surface area contributed by atoms with E-state index in [0.717, 1.165) is 37.3 Å². The van der Waals surface area contributed by atoms with Gasteiger partial charge in [0.05, 0.1) is 7.11 Å². The Kier molecular flexibility index (Phi) is 4.37. The van der Waals surface area contributed by atoms with Gasteiger partial charge in [-0.1, -0.05) is 12.1 Å². The maximum absolute atomic E-state index is 13.8. The van der Waals surface area contributed by atoms with E-state index in [1.165, 1.54) is 19.2 Å². The first-order chi connectivity index (χ1) is 14.1. The Morgan fingerprint density at radius 3 is 2.90 bits per heavy atom. The molecule has 1 aliphatic heterocycles. The molecular weight excluding hydrogens is 371 g/mol. The number of methoxy groups -OCH3 is 1. The van der Waals surface area contributed by atoms with E-state index in [1.807, 2.05) is 28.8 Å². The van der Waals surface area contributed by atoms with Crippen LogP contribution < -0.4 is 10.5 Å². The van der Waals surface area contributed by atoms with Crippen LogP contribution in [-0.2, 0) is 6.54 Å². The van der Waals surface area contributed by atoms with E-state index >= 15 is 0 Å². The summed E-state index contributed by atoms with van der Waals surface area (Å²) in [6.45, 7) is 2.76. The summed E-state index contributed by atoms with van der Waals surface area (Å²) in [6.07, 6.45) is 3.08. The van der Waals surface area contributed by atoms with Crippen molar-refractivity contribution in [2.24, 2.45) is 5.73 Å². The Bertz CT molecular complexity index is 1210. The molecule has 1 saturated heterocycles. The number of fused-ring (bicyclic) bond motifs is 2. The lowest BCUT2D eigenvalue weighted by molar-refractivity contribution is 0.326. The van der Waals surface area contributed by atoms with E-state index in [4.69, 9.17) is 10.5 Å². The molecule has 0 radical (unpaired) electrons. The van der Waals surface area contributed by atoms with Crippen LogP contribution in [0.1, 0.15) is 12.0 Å². The van der Waals surface area contributed by atoms with Crippen LogP contribution in [-0.4, -0.2) is 50.7 Å². The van der Waals surface area contributed by atoms with Crippen LogP contribution >= 0.6 is 0 Å². The highest BCUT2D eigenvalue weighted by molar-refractivity contribution is 5.86. The van der Waals surface area contributed by atoms with Crippen LogP contribution in [0.25, 0.3) is 28.1 Å². The van der Waals surface area contributed by atoms with Gasteiger partial charge in [-0.15, -0.1) is 10.2 Å². The zero-order valence-electron chi connectivity index (χ0n) is 16.0. The number of ether oxygens (including phenoxy) is 1. The molecule has 3 aromatic heterocycles. The SMILES string of the molecule is COc1cc(F)cc2ccc(-c3nnc4ccc(CN5CCC(N)C5)cn34)nc12. The lowest BCUT2D eigenvalue weighted by Crippen LogP contribution is -2.26. The zero-order valence-corrected chi connectivity index (χ0v) is 16.0. The molecule has 7 nitrogen and oxygen atoms in total. The first-order valence-corrected chi connectivity index (χ1v) is 9.57. The fourth-order valence-electron chi connectivity index (χ4n) is 3.92. The van der Waals surface area contributed by atoms with Gasteiger partial charge in [0.15, 0.2) is 11.5 Å². The minimum Gasteiger partial charge on any atom is -0.494 e. The monoisotopic (exact) mass is 392 g/mol. The summed E-state index contributed by atoms with van der Waals surface area (Å²) in [4.78, 5) is 7.03. The maximum atomic E-state index is 13.8. The third kappa shape index (κ3) is 3.30. The highest BCUT2D eigenvalue weighted by atomic mass is 19.1. The van der Waals surface area contributed by atoms with Crippen molar-refractivity contribution in [2.45, 2.75) is 19.0 Å². The van der Waals surface area contributed by atoms with Crippen molar-refractivity contribution in [2.75, 3.05) is 20.2 Å². The predicted molar refractivity (Wildman–Crippen MR) is 108 cm³/mol. The normalized spacial score (nSPS) is 17.4. The second-order valence-corrected chi connectivity index (χ2v) is 7.45. The highest BCUT2D eigenvalue weighted by Gasteiger charge is 2.19. The quantitative estimate of drug-likeness (QED) is 0.575. The fourth-order valence-corrected chi connectivity index (χ4v) is 3.92. The van der Waals surface area contributed by atoms with Crippen molar-refractivity contribution in [3.05, 3.63) is 54.0 Å². The van der Waals surface area contributed by atoms with E-state index in [9.17, 15) is 4.39 Å². The lowest BCUT2D eigenvalue weighted by atomic mass is 10.1. The Labute approximate surface area is 166 Å². The van der Waals surface area contributed by atoms with E-state index in [2.05, 4.69) is 26.1 Å². The second-order valence-electron chi connectivity index (χ2n) is 7.45. The Morgan fingerprint density at radius 2 is 2.10 bits per heavy atom. The number of likely N-dealkylation sites (tertiary alicyclic amines) is 1.